The Morgan fingerprint density at radius 2 is 1.71 bits per heavy atom. The quantitative estimate of drug-likeness (QED) is 0.859. The van der Waals surface area contributed by atoms with Crippen molar-refractivity contribution in [1.82, 2.24) is 14.7 Å². The molecule has 2 aliphatic rings. The first-order valence-corrected chi connectivity index (χ1v) is 9.41. The highest BCUT2D eigenvalue weighted by Crippen LogP contribution is 2.22. The summed E-state index contributed by atoms with van der Waals surface area (Å²) in [7, 11) is 2.27. The second kappa shape index (κ2) is 7.22. The molecule has 0 aliphatic carbocycles. The molecule has 2 aliphatic heterocycles. The zero-order valence-corrected chi connectivity index (χ0v) is 14.8. The average Bonchev–Trinajstić information content (AvgIpc) is 2.63. The summed E-state index contributed by atoms with van der Waals surface area (Å²) < 4.78 is 0. The van der Waals surface area contributed by atoms with Gasteiger partial charge >= 0.3 is 0 Å². The maximum Gasteiger partial charge on any atom is 0.0240 e. The predicted molar refractivity (Wildman–Crippen MR) is 101 cm³/mol. The lowest BCUT2D eigenvalue weighted by Crippen LogP contribution is -2.54. The Balaban J connectivity index is 1.37. The smallest absolute Gasteiger partial charge is 0.0240 e. The maximum absolute atomic E-state index is 2.73. The van der Waals surface area contributed by atoms with Gasteiger partial charge in [0.15, 0.2) is 0 Å². The molecule has 24 heavy (non-hydrogen) atoms. The van der Waals surface area contributed by atoms with Crippen LogP contribution in [0.1, 0.15) is 18.4 Å². The van der Waals surface area contributed by atoms with Gasteiger partial charge < -0.3 is 4.90 Å². The van der Waals surface area contributed by atoms with Crippen molar-refractivity contribution in [1.29, 1.82) is 0 Å². The molecule has 2 heterocycles. The van der Waals surface area contributed by atoms with E-state index in [1.165, 1.54) is 68.4 Å². The number of hydrogen-bond donors (Lipinski definition) is 0. The van der Waals surface area contributed by atoms with Gasteiger partial charge in [-0.25, -0.2) is 0 Å². The van der Waals surface area contributed by atoms with Crippen LogP contribution in [-0.4, -0.2) is 67.1 Å². The van der Waals surface area contributed by atoms with Gasteiger partial charge in [-0.15, -0.1) is 0 Å². The number of likely N-dealkylation sites (tertiary alicyclic amines) is 1. The average molecular weight is 323 g/mol. The van der Waals surface area contributed by atoms with Gasteiger partial charge in [-0.3, -0.25) is 9.80 Å². The first kappa shape index (κ1) is 16.1. The van der Waals surface area contributed by atoms with Gasteiger partial charge in [-0.2, -0.15) is 0 Å². The van der Waals surface area contributed by atoms with Crippen molar-refractivity contribution in [2.24, 2.45) is 0 Å². The number of piperidine rings is 1. The third-order valence-corrected chi connectivity index (χ3v) is 5.80. The number of piperazine rings is 1. The van der Waals surface area contributed by atoms with E-state index in [4.69, 9.17) is 0 Å². The zero-order chi connectivity index (χ0) is 16.4. The summed E-state index contributed by atoms with van der Waals surface area (Å²) in [5.74, 6) is 0. The molecule has 2 aromatic carbocycles. The van der Waals surface area contributed by atoms with E-state index in [-0.39, 0.29) is 0 Å². The van der Waals surface area contributed by atoms with Gasteiger partial charge in [0, 0.05) is 45.3 Å². The molecule has 1 atom stereocenters. The molecule has 3 heteroatoms. The third kappa shape index (κ3) is 3.49. The van der Waals surface area contributed by atoms with Crippen molar-refractivity contribution < 1.29 is 0 Å². The van der Waals surface area contributed by atoms with Crippen LogP contribution in [0.2, 0.25) is 0 Å². The molecular formula is C21H29N3. The number of rotatable bonds is 3. The van der Waals surface area contributed by atoms with Gasteiger partial charge in [-0.05, 0) is 42.8 Å². The second-order valence-electron chi connectivity index (χ2n) is 7.51. The van der Waals surface area contributed by atoms with Crippen molar-refractivity contribution in [3.05, 3.63) is 48.0 Å². The van der Waals surface area contributed by atoms with Gasteiger partial charge in [0.25, 0.3) is 0 Å². The minimum absolute atomic E-state index is 0.781. The van der Waals surface area contributed by atoms with E-state index in [9.17, 15) is 0 Å². The van der Waals surface area contributed by atoms with E-state index in [0.717, 1.165) is 12.6 Å². The van der Waals surface area contributed by atoms with Crippen molar-refractivity contribution >= 4 is 10.8 Å². The first-order chi connectivity index (χ1) is 11.8. The Kier molecular flexibility index (Phi) is 4.83. The maximum atomic E-state index is 2.73. The van der Waals surface area contributed by atoms with Crippen LogP contribution in [0.3, 0.4) is 0 Å². The normalized spacial score (nSPS) is 24.5. The monoisotopic (exact) mass is 323 g/mol. The van der Waals surface area contributed by atoms with Crippen molar-refractivity contribution in [3.8, 4) is 0 Å². The molecule has 0 radical (unpaired) electrons. The van der Waals surface area contributed by atoms with Crippen LogP contribution in [-0.2, 0) is 6.54 Å². The highest BCUT2D eigenvalue weighted by molar-refractivity contribution is 5.85. The fourth-order valence-electron chi connectivity index (χ4n) is 4.40. The molecule has 0 amide bonds. The van der Waals surface area contributed by atoms with Crippen LogP contribution in [0.15, 0.2) is 42.5 Å². The molecule has 0 aromatic heterocycles. The molecule has 2 saturated heterocycles. The van der Waals surface area contributed by atoms with Gasteiger partial charge in [-0.1, -0.05) is 42.5 Å². The van der Waals surface area contributed by atoms with E-state index >= 15 is 0 Å². The van der Waals surface area contributed by atoms with Crippen LogP contribution in [0.4, 0.5) is 0 Å². The van der Waals surface area contributed by atoms with E-state index in [1.54, 1.807) is 0 Å². The molecule has 2 fully saturated rings. The summed E-state index contributed by atoms with van der Waals surface area (Å²) in [6, 6.07) is 16.3. The lowest BCUT2D eigenvalue weighted by Gasteiger charge is -2.42. The predicted octanol–water partition coefficient (Wildman–Crippen LogP) is 3.05. The summed E-state index contributed by atoms with van der Waals surface area (Å²) in [5.41, 5.74) is 1.47. The second-order valence-corrected chi connectivity index (χ2v) is 7.51. The third-order valence-electron chi connectivity index (χ3n) is 5.80. The minimum atomic E-state index is 0.781. The molecule has 0 spiro atoms. The molecule has 3 nitrogen and oxygen atoms in total. The lowest BCUT2D eigenvalue weighted by molar-refractivity contribution is 0.0570. The first-order valence-electron chi connectivity index (χ1n) is 9.41. The van der Waals surface area contributed by atoms with E-state index < -0.39 is 0 Å². The summed E-state index contributed by atoms with van der Waals surface area (Å²) in [6.07, 6.45) is 2.74. The highest BCUT2D eigenvalue weighted by atomic mass is 15.3. The molecule has 2 aromatic rings. The molecule has 0 saturated carbocycles. The molecule has 0 bridgehead atoms. The van der Waals surface area contributed by atoms with Gasteiger partial charge in [0.05, 0.1) is 0 Å². The zero-order valence-electron chi connectivity index (χ0n) is 14.8. The van der Waals surface area contributed by atoms with E-state index in [0.29, 0.717) is 0 Å². The largest absolute Gasteiger partial charge is 0.305 e. The van der Waals surface area contributed by atoms with Crippen LogP contribution >= 0.6 is 0 Å². The van der Waals surface area contributed by atoms with Crippen molar-refractivity contribution in [2.75, 3.05) is 46.3 Å². The van der Waals surface area contributed by atoms with Crippen molar-refractivity contribution in [2.45, 2.75) is 25.4 Å². The highest BCUT2D eigenvalue weighted by Gasteiger charge is 2.26. The summed E-state index contributed by atoms with van der Waals surface area (Å²) in [5, 5.41) is 2.77. The summed E-state index contributed by atoms with van der Waals surface area (Å²) >= 11 is 0. The Labute approximate surface area is 145 Å². The van der Waals surface area contributed by atoms with Crippen LogP contribution in [0.25, 0.3) is 10.8 Å². The lowest BCUT2D eigenvalue weighted by atomic mass is 10.0. The Morgan fingerprint density at radius 3 is 2.54 bits per heavy atom. The topological polar surface area (TPSA) is 9.72 Å². The Hall–Kier alpha value is -1.42. The van der Waals surface area contributed by atoms with Crippen LogP contribution in [0.5, 0.6) is 0 Å². The summed E-state index contributed by atoms with van der Waals surface area (Å²) in [4.78, 5) is 7.86. The fraction of sp³-hybridized carbons (Fsp3) is 0.524. The Bertz CT molecular complexity index is 670. The number of likely N-dealkylation sites (N-methyl/N-ethyl adjacent to an activating group) is 1. The number of nitrogens with zero attached hydrogens (tertiary/aromatic N) is 3. The van der Waals surface area contributed by atoms with E-state index in [1.807, 2.05) is 0 Å². The van der Waals surface area contributed by atoms with Crippen LogP contribution < -0.4 is 0 Å². The number of benzene rings is 2. The minimum Gasteiger partial charge on any atom is -0.305 e. The molecule has 0 N–H and O–H groups in total. The molecule has 1 unspecified atom stereocenters. The van der Waals surface area contributed by atoms with Gasteiger partial charge in [0.1, 0.15) is 0 Å². The van der Waals surface area contributed by atoms with Crippen LogP contribution in [0, 0.1) is 0 Å². The summed E-state index contributed by atoms with van der Waals surface area (Å²) in [6.45, 7) is 8.46. The number of hydrogen-bond acceptors (Lipinski definition) is 3. The van der Waals surface area contributed by atoms with E-state index in [2.05, 4.69) is 64.2 Å². The molecular weight excluding hydrogens is 294 g/mol. The van der Waals surface area contributed by atoms with Gasteiger partial charge in [0.2, 0.25) is 0 Å². The Morgan fingerprint density at radius 1 is 0.917 bits per heavy atom. The fourth-order valence-corrected chi connectivity index (χ4v) is 4.40. The molecule has 4 rings (SSSR count). The number of fused-ring (bicyclic) bond motifs is 1. The SMILES string of the molecule is CN1CCCC(N2CCN(Cc3cccc4ccccc34)CC2)C1. The van der Waals surface area contributed by atoms with Crippen molar-refractivity contribution in [3.63, 3.8) is 0 Å². The molecule has 128 valence electrons. The standard InChI is InChI=1S/C21H29N3/c1-22-11-5-9-20(17-22)24-14-12-23(13-15-24)16-19-8-4-7-18-6-2-3-10-21(18)19/h2-4,6-8,10,20H,5,9,11-17H2,1H3.